The number of cyclic esters (lactones) is 1. The molecule has 3 aliphatic heterocycles. The second-order valence-corrected chi connectivity index (χ2v) is 17.0. The van der Waals surface area contributed by atoms with Gasteiger partial charge in [-0.3, -0.25) is 19.6 Å². The topological polar surface area (TPSA) is 194 Å². The molecule has 5 heterocycles. The maximum atomic E-state index is 16.9. The Morgan fingerprint density at radius 2 is 1.71 bits per heavy atom. The molecule has 0 aliphatic carbocycles. The number of unbranched alkanes of at least 4 members (excludes halogenated alkanes) is 1. The first-order valence-electron chi connectivity index (χ1n) is 20.9. The number of aliphatic hydroxyl groups is 1. The Bertz CT molecular complexity index is 1780. The van der Waals surface area contributed by atoms with Gasteiger partial charge in [0.2, 0.25) is 0 Å². The van der Waals surface area contributed by atoms with Gasteiger partial charge in [-0.2, -0.15) is 0 Å². The van der Waals surface area contributed by atoms with Crippen LogP contribution in [0.2, 0.25) is 0 Å². The van der Waals surface area contributed by atoms with Gasteiger partial charge in [0.1, 0.15) is 29.4 Å². The molecule has 3 aliphatic rings. The number of hydrogen-bond donors (Lipinski definition) is 2. The van der Waals surface area contributed by atoms with E-state index >= 15 is 4.39 Å². The largest absolute Gasteiger partial charge is 0.455 e. The lowest BCUT2D eigenvalue weighted by atomic mass is 9.73. The number of carbonyl (C=O) groups is 4. The van der Waals surface area contributed by atoms with Crippen LogP contribution in [-0.2, 0) is 44.6 Å². The van der Waals surface area contributed by atoms with E-state index in [-0.39, 0.29) is 31.3 Å². The molecule has 2 aromatic rings. The van der Waals surface area contributed by atoms with Crippen molar-refractivity contribution < 1.29 is 52.4 Å². The maximum Gasteiger partial charge on any atom is 0.410 e. The van der Waals surface area contributed by atoms with Gasteiger partial charge in [-0.05, 0) is 66.3 Å². The third kappa shape index (κ3) is 9.54. The Balaban J connectivity index is 1.45. The number of carbonyl (C=O) groups excluding carboxylic acids is 4. The lowest BCUT2D eigenvalue weighted by molar-refractivity contribution is -0.290. The molecule has 2 N–H and O–H groups in total. The third-order valence-electron chi connectivity index (χ3n) is 12.5. The van der Waals surface area contributed by atoms with E-state index < -0.39 is 89.2 Å². The minimum absolute atomic E-state index is 0.00564. The highest BCUT2D eigenvalue weighted by atomic mass is 19.1. The molecule has 16 nitrogen and oxygen atoms in total. The van der Waals surface area contributed by atoms with Crippen molar-refractivity contribution in [1.82, 2.24) is 29.7 Å². The molecule has 3 saturated heterocycles. The first-order chi connectivity index (χ1) is 27.8. The molecule has 0 bridgehead atoms. The molecular formula is C42H63FN6O10. The second-order valence-electron chi connectivity index (χ2n) is 17.0. The summed E-state index contributed by atoms with van der Waals surface area (Å²) >= 11 is 0. The predicted octanol–water partition coefficient (Wildman–Crippen LogP) is 4.46. The van der Waals surface area contributed by atoms with E-state index in [0.29, 0.717) is 43.7 Å². The van der Waals surface area contributed by atoms with Crippen LogP contribution in [0.3, 0.4) is 0 Å². The summed E-state index contributed by atoms with van der Waals surface area (Å²) in [6.45, 7) is 15.8. The Kier molecular flexibility index (Phi) is 14.7. The summed E-state index contributed by atoms with van der Waals surface area (Å²) in [5, 5.41) is 14.6. The van der Waals surface area contributed by atoms with E-state index in [9.17, 15) is 24.3 Å². The van der Waals surface area contributed by atoms with E-state index in [0.717, 1.165) is 6.92 Å². The standard InChI is InChI=1S/C42H63FN6O10/c1-11-31-42(9)34(49(39(54)59-42)18-14-13-17-48-22-30(47-23-48)29-21-44-15-16-46-29)26(5)32(50)24(3)20-40(7,55-10)36(27(6)35(52)41(8,43)38(53)57-31)58-37-33(51)28(45-12-2)19-25(4)56-37/h15-16,21-28,31,33-34,36-37,45,51H,11-14,17-20H2,1-10H3/t24-,25-,26+,27+,28+,31-,33+,34?,36-,37+,40-,41+,42-/m1/s1. The van der Waals surface area contributed by atoms with Crippen molar-refractivity contribution in [2.75, 3.05) is 20.2 Å². The van der Waals surface area contributed by atoms with Crippen LogP contribution in [-0.4, -0.2) is 133 Å². The average Bonchev–Trinajstić information content (AvgIpc) is 3.79. The van der Waals surface area contributed by atoms with Gasteiger partial charge >= 0.3 is 12.1 Å². The highest BCUT2D eigenvalue weighted by Gasteiger charge is 2.61. The number of esters is 1. The smallest absolute Gasteiger partial charge is 0.410 e. The van der Waals surface area contributed by atoms with Crippen LogP contribution < -0.4 is 5.32 Å². The van der Waals surface area contributed by atoms with Crippen LogP contribution in [0.5, 0.6) is 0 Å². The molecule has 0 spiro atoms. The van der Waals surface area contributed by atoms with Crippen LogP contribution in [0.15, 0.2) is 31.1 Å². The van der Waals surface area contributed by atoms with Crippen molar-refractivity contribution in [1.29, 1.82) is 0 Å². The van der Waals surface area contributed by atoms with Crippen molar-refractivity contribution >= 4 is 23.6 Å². The van der Waals surface area contributed by atoms with Crippen LogP contribution >= 0.6 is 0 Å². The molecule has 0 aromatic carbocycles. The Labute approximate surface area is 346 Å². The van der Waals surface area contributed by atoms with E-state index in [1.54, 1.807) is 59.5 Å². The van der Waals surface area contributed by atoms with Gasteiger partial charge in [-0.1, -0.05) is 34.6 Å². The molecule has 3 fully saturated rings. The third-order valence-corrected chi connectivity index (χ3v) is 12.5. The Morgan fingerprint density at radius 3 is 2.36 bits per heavy atom. The van der Waals surface area contributed by atoms with E-state index in [2.05, 4.69) is 20.3 Å². The van der Waals surface area contributed by atoms with Crippen LogP contribution in [0, 0.1) is 17.8 Å². The van der Waals surface area contributed by atoms with Gasteiger partial charge in [0.05, 0.1) is 36.4 Å². The quantitative estimate of drug-likeness (QED) is 0.173. The Morgan fingerprint density at radius 1 is 1.00 bits per heavy atom. The van der Waals surface area contributed by atoms with Gasteiger partial charge in [-0.25, -0.2) is 19.0 Å². The van der Waals surface area contributed by atoms with Gasteiger partial charge in [0, 0.05) is 62.6 Å². The fourth-order valence-electron chi connectivity index (χ4n) is 9.31. The van der Waals surface area contributed by atoms with Crippen molar-refractivity contribution in [3.63, 3.8) is 0 Å². The summed E-state index contributed by atoms with van der Waals surface area (Å²) in [5.74, 6) is -5.81. The summed E-state index contributed by atoms with van der Waals surface area (Å²) in [7, 11) is 1.40. The Hall–Kier alpha value is -3.90. The molecule has 17 heteroatoms. The number of likely N-dealkylation sites (N-methyl/N-ethyl adjacent to an activating group) is 1. The molecule has 0 radical (unpaired) electrons. The number of aliphatic hydroxyl groups excluding tert-OH is 1. The fourth-order valence-corrected chi connectivity index (χ4v) is 9.31. The number of alkyl halides is 1. The number of nitrogens with one attached hydrogen (secondary N) is 1. The molecule has 59 heavy (non-hydrogen) atoms. The molecule has 5 rings (SSSR count). The number of rotatable bonds is 12. The first kappa shape index (κ1) is 46.2. The number of Topliss-reactive ketones (excluding diaryl/α,β-unsaturated/α-hetero) is 2. The molecular weight excluding hydrogens is 767 g/mol. The molecule has 1 amide bonds. The zero-order valence-electron chi connectivity index (χ0n) is 36.1. The highest BCUT2D eigenvalue weighted by Crippen LogP contribution is 2.43. The molecule has 0 saturated carbocycles. The predicted molar refractivity (Wildman–Crippen MR) is 212 cm³/mol. The number of hydrogen-bond acceptors (Lipinski definition) is 14. The number of fused-ring (bicyclic) bond motifs is 1. The minimum atomic E-state index is -3.18. The zero-order valence-corrected chi connectivity index (χ0v) is 36.1. The van der Waals surface area contributed by atoms with Crippen molar-refractivity contribution in [3.05, 3.63) is 31.1 Å². The van der Waals surface area contributed by atoms with Crippen LogP contribution in [0.25, 0.3) is 11.4 Å². The van der Waals surface area contributed by atoms with Gasteiger partial charge < -0.3 is 43.6 Å². The number of ketones is 2. The van der Waals surface area contributed by atoms with Crippen LogP contribution in [0.4, 0.5) is 9.18 Å². The summed E-state index contributed by atoms with van der Waals surface area (Å²) in [6.07, 6.45) is 4.10. The molecule has 13 atom stereocenters. The number of ether oxygens (including phenoxy) is 5. The first-order valence-corrected chi connectivity index (χ1v) is 20.9. The van der Waals surface area contributed by atoms with Crippen molar-refractivity contribution in [2.45, 2.75) is 161 Å². The van der Waals surface area contributed by atoms with E-state index in [4.69, 9.17) is 23.7 Å². The number of amides is 1. The second kappa shape index (κ2) is 18.8. The fraction of sp³-hybridized carbons (Fsp3) is 0.738. The summed E-state index contributed by atoms with van der Waals surface area (Å²) in [4.78, 5) is 71.0. The lowest BCUT2D eigenvalue weighted by Crippen LogP contribution is -2.62. The van der Waals surface area contributed by atoms with Gasteiger partial charge in [0.25, 0.3) is 5.67 Å². The van der Waals surface area contributed by atoms with E-state index in [1.165, 1.54) is 18.9 Å². The number of nitrogens with zero attached hydrogens (tertiary/aromatic N) is 5. The minimum Gasteiger partial charge on any atom is -0.455 e. The van der Waals surface area contributed by atoms with Crippen LogP contribution in [0.1, 0.15) is 94.4 Å². The number of aryl methyl sites for hydroxylation is 1. The monoisotopic (exact) mass is 830 g/mol. The summed E-state index contributed by atoms with van der Waals surface area (Å²) in [6, 6.07) is -1.33. The van der Waals surface area contributed by atoms with Gasteiger partial charge in [0.15, 0.2) is 17.7 Å². The van der Waals surface area contributed by atoms with Gasteiger partial charge in [-0.15, -0.1) is 0 Å². The van der Waals surface area contributed by atoms with Crippen molar-refractivity contribution in [2.24, 2.45) is 17.8 Å². The molecule has 1 unspecified atom stereocenters. The molecule has 2 aromatic heterocycles. The zero-order chi connectivity index (χ0) is 43.4. The normalized spacial score (nSPS) is 37.5. The number of halogens is 1. The molecule has 328 valence electrons. The van der Waals surface area contributed by atoms with Crippen molar-refractivity contribution in [3.8, 4) is 11.4 Å². The SMILES string of the molecule is CCN[C@H]1C[C@@H](C)O[C@@H](O[C@@H]2[C@@H](C)C(=O)[C@](C)(F)C(=O)O[C@H](CC)[C@@]3(C)OC(=O)N(CCCCn4cnc(-c5cnccn5)c4)C3[C@@H](C)C(=O)[C@H](C)C[C@@]2(C)OC)[C@H]1O. The highest BCUT2D eigenvalue weighted by molar-refractivity contribution is 6.08. The van der Waals surface area contributed by atoms with E-state index in [1.807, 2.05) is 24.6 Å². The number of aromatic nitrogens is 4. The average molecular weight is 831 g/mol. The summed E-state index contributed by atoms with van der Waals surface area (Å²) < 4.78 is 49.3. The lowest BCUT2D eigenvalue weighted by Gasteiger charge is -2.46. The maximum absolute atomic E-state index is 16.9. The number of imidazole rings is 1. The summed E-state index contributed by atoms with van der Waals surface area (Å²) in [5.41, 5.74) is -4.91. The number of methoxy groups -OCH3 is 1.